The van der Waals surface area contributed by atoms with Gasteiger partial charge in [-0.3, -0.25) is 0 Å². The number of fused-ring (bicyclic) bond motifs is 1. The van der Waals surface area contributed by atoms with E-state index in [9.17, 15) is 13.5 Å². The lowest BCUT2D eigenvalue weighted by Gasteiger charge is -2.36. The molecule has 7 nitrogen and oxygen atoms in total. The first-order valence-electron chi connectivity index (χ1n) is 9.09. The number of pyridine rings is 1. The number of aromatic nitrogens is 2. The maximum absolute atomic E-state index is 12.9. The molecule has 28 heavy (non-hydrogen) atoms. The number of rotatable bonds is 7. The average Bonchev–Trinajstić information content (AvgIpc) is 2.89. The summed E-state index contributed by atoms with van der Waals surface area (Å²) in [5.41, 5.74) is 1.50. The molecule has 1 atom stereocenters. The fourth-order valence-electron chi connectivity index (χ4n) is 2.49. The van der Waals surface area contributed by atoms with Crippen molar-refractivity contribution in [3.63, 3.8) is 0 Å². The third-order valence-corrected chi connectivity index (χ3v) is 12.0. The Morgan fingerprint density at radius 2 is 1.93 bits per heavy atom. The SMILES string of the molecule is CN(C)S(=O)(=O)n1c(CC(O)CO[Si](C)(C)C(C)(C)C)cc2nc(Br)ccc21. The molecule has 0 fully saturated rings. The number of hydrogen-bond acceptors (Lipinski definition) is 5. The molecule has 0 aliphatic carbocycles. The summed E-state index contributed by atoms with van der Waals surface area (Å²) >= 11 is 3.32. The Kier molecular flexibility index (Phi) is 6.84. The second kappa shape index (κ2) is 8.15. The minimum atomic E-state index is -3.76. The van der Waals surface area contributed by atoms with Crippen LogP contribution in [0.3, 0.4) is 0 Å². The van der Waals surface area contributed by atoms with Crippen LogP contribution in [0.5, 0.6) is 0 Å². The topological polar surface area (TPSA) is 84.7 Å². The van der Waals surface area contributed by atoms with Crippen molar-refractivity contribution in [2.75, 3.05) is 20.7 Å². The van der Waals surface area contributed by atoms with E-state index in [1.165, 1.54) is 18.1 Å². The first-order valence-corrected chi connectivity index (χ1v) is 14.2. The predicted octanol–water partition coefficient (Wildman–Crippen LogP) is 3.38. The number of aliphatic hydroxyl groups is 1. The van der Waals surface area contributed by atoms with Gasteiger partial charge in [-0.25, -0.2) is 8.96 Å². The summed E-state index contributed by atoms with van der Waals surface area (Å²) in [6.07, 6.45) is -0.673. The first-order chi connectivity index (χ1) is 12.7. The van der Waals surface area contributed by atoms with E-state index >= 15 is 0 Å². The van der Waals surface area contributed by atoms with Crippen molar-refractivity contribution in [2.24, 2.45) is 0 Å². The van der Waals surface area contributed by atoms with Crippen molar-refractivity contribution >= 4 is 45.5 Å². The molecule has 0 aliphatic rings. The second-order valence-electron chi connectivity index (χ2n) is 8.66. The van der Waals surface area contributed by atoms with Crippen LogP contribution in [0.4, 0.5) is 0 Å². The molecule has 2 aromatic heterocycles. The molecule has 158 valence electrons. The maximum atomic E-state index is 12.9. The Morgan fingerprint density at radius 1 is 1.32 bits per heavy atom. The van der Waals surface area contributed by atoms with E-state index in [4.69, 9.17) is 4.43 Å². The van der Waals surface area contributed by atoms with Gasteiger partial charge in [0.2, 0.25) is 0 Å². The summed E-state index contributed by atoms with van der Waals surface area (Å²) in [5.74, 6) is 0. The molecule has 1 N–H and O–H groups in total. The molecule has 2 heterocycles. The highest BCUT2D eigenvalue weighted by atomic mass is 79.9. The lowest BCUT2D eigenvalue weighted by atomic mass is 10.2. The molecule has 0 aromatic carbocycles. The van der Waals surface area contributed by atoms with E-state index in [0.717, 1.165) is 4.31 Å². The third kappa shape index (κ3) is 4.85. The fraction of sp³-hybridized carbons (Fsp3) is 0.611. The van der Waals surface area contributed by atoms with Gasteiger partial charge >= 0.3 is 10.2 Å². The summed E-state index contributed by atoms with van der Waals surface area (Å²) in [7, 11) is -2.81. The largest absolute Gasteiger partial charge is 0.414 e. The van der Waals surface area contributed by atoms with Crippen LogP contribution in [0.2, 0.25) is 18.1 Å². The van der Waals surface area contributed by atoms with Crippen molar-refractivity contribution < 1.29 is 18.0 Å². The number of aliphatic hydroxyl groups excluding tert-OH is 1. The zero-order valence-electron chi connectivity index (χ0n) is 17.5. The molecule has 2 aromatic rings. The van der Waals surface area contributed by atoms with Crippen molar-refractivity contribution in [3.05, 3.63) is 28.5 Å². The van der Waals surface area contributed by atoms with Crippen LogP contribution < -0.4 is 0 Å². The van der Waals surface area contributed by atoms with Crippen LogP contribution >= 0.6 is 15.9 Å². The summed E-state index contributed by atoms with van der Waals surface area (Å²) < 4.78 is 34.9. The second-order valence-corrected chi connectivity index (χ2v) is 16.3. The van der Waals surface area contributed by atoms with Crippen LogP contribution in [-0.2, 0) is 21.1 Å². The molecule has 1 unspecified atom stereocenters. The van der Waals surface area contributed by atoms with Gasteiger partial charge in [-0.05, 0) is 52.3 Å². The van der Waals surface area contributed by atoms with Gasteiger partial charge in [0.15, 0.2) is 8.32 Å². The molecule has 0 saturated carbocycles. The highest BCUT2D eigenvalue weighted by Crippen LogP contribution is 2.36. The lowest BCUT2D eigenvalue weighted by Crippen LogP contribution is -2.43. The van der Waals surface area contributed by atoms with Crippen LogP contribution in [0.1, 0.15) is 26.5 Å². The van der Waals surface area contributed by atoms with Gasteiger partial charge in [0.25, 0.3) is 0 Å². The predicted molar refractivity (Wildman–Crippen MR) is 118 cm³/mol. The molecule has 0 aliphatic heterocycles. The molecular formula is C18H30BrN3O4SSi. The van der Waals surface area contributed by atoms with Crippen LogP contribution in [-0.4, -0.2) is 61.9 Å². The van der Waals surface area contributed by atoms with Gasteiger partial charge in [0, 0.05) is 26.2 Å². The smallest absolute Gasteiger partial charge is 0.307 e. The summed E-state index contributed by atoms with van der Waals surface area (Å²) in [5, 5.41) is 10.6. The molecule has 2 rings (SSSR count). The summed E-state index contributed by atoms with van der Waals surface area (Å²) in [4.78, 5) is 4.36. The van der Waals surface area contributed by atoms with E-state index in [2.05, 4.69) is 54.8 Å². The zero-order valence-corrected chi connectivity index (χ0v) is 20.9. The molecule has 0 radical (unpaired) electrons. The Labute approximate surface area is 177 Å². The van der Waals surface area contributed by atoms with Crippen molar-refractivity contribution in [1.29, 1.82) is 0 Å². The van der Waals surface area contributed by atoms with E-state index in [-0.39, 0.29) is 18.1 Å². The molecule has 10 heteroatoms. The number of hydrogen-bond donors (Lipinski definition) is 1. The lowest BCUT2D eigenvalue weighted by molar-refractivity contribution is 0.0992. The molecular weight excluding hydrogens is 462 g/mol. The summed E-state index contributed by atoms with van der Waals surface area (Å²) in [6, 6.07) is 5.11. The van der Waals surface area contributed by atoms with Crippen molar-refractivity contribution in [2.45, 2.75) is 51.4 Å². The Balaban J connectivity index is 2.36. The van der Waals surface area contributed by atoms with Gasteiger partial charge in [-0.2, -0.15) is 12.7 Å². The molecule has 0 bridgehead atoms. The first kappa shape index (κ1) is 23.5. The number of nitrogens with zero attached hydrogens (tertiary/aromatic N) is 3. The minimum absolute atomic E-state index is 0.0338. The Bertz CT molecular complexity index is 952. The fourth-order valence-corrected chi connectivity index (χ4v) is 5.01. The molecule has 0 saturated heterocycles. The summed E-state index contributed by atoms with van der Waals surface area (Å²) in [6.45, 7) is 10.8. The Hall–Kier alpha value is -0.783. The normalized spacial score (nSPS) is 14.8. The van der Waals surface area contributed by atoms with Crippen molar-refractivity contribution in [1.82, 2.24) is 13.3 Å². The van der Waals surface area contributed by atoms with Gasteiger partial charge in [0.05, 0.1) is 23.7 Å². The highest BCUT2D eigenvalue weighted by molar-refractivity contribution is 9.10. The van der Waals surface area contributed by atoms with Crippen LogP contribution in [0, 0.1) is 0 Å². The quantitative estimate of drug-likeness (QED) is 0.473. The van der Waals surface area contributed by atoms with Crippen molar-refractivity contribution in [3.8, 4) is 0 Å². The average molecular weight is 493 g/mol. The number of halogens is 1. The standard InChI is InChI=1S/C18H30BrN3O4SSi/c1-18(2,3)28(6,7)26-12-14(23)10-13-11-15-16(8-9-17(19)20-15)22(13)27(24,25)21(4)5/h8-9,11,14,23H,10,12H2,1-7H3. The van der Waals surface area contributed by atoms with E-state index in [1.54, 1.807) is 18.2 Å². The van der Waals surface area contributed by atoms with Gasteiger partial charge in [-0.15, -0.1) is 0 Å². The minimum Gasteiger partial charge on any atom is -0.414 e. The van der Waals surface area contributed by atoms with E-state index < -0.39 is 24.6 Å². The maximum Gasteiger partial charge on any atom is 0.307 e. The van der Waals surface area contributed by atoms with Gasteiger partial charge < -0.3 is 9.53 Å². The van der Waals surface area contributed by atoms with E-state index in [1.807, 2.05) is 0 Å². The van der Waals surface area contributed by atoms with Crippen LogP contribution in [0.25, 0.3) is 11.0 Å². The van der Waals surface area contributed by atoms with Gasteiger partial charge in [-0.1, -0.05) is 20.8 Å². The monoisotopic (exact) mass is 491 g/mol. The van der Waals surface area contributed by atoms with E-state index in [0.29, 0.717) is 21.3 Å². The Morgan fingerprint density at radius 3 is 2.46 bits per heavy atom. The van der Waals surface area contributed by atoms with Gasteiger partial charge in [0.1, 0.15) is 4.60 Å². The molecule has 0 amide bonds. The van der Waals surface area contributed by atoms with Crippen LogP contribution in [0.15, 0.2) is 22.8 Å². The zero-order chi connectivity index (χ0) is 21.5. The third-order valence-electron chi connectivity index (χ3n) is 5.23. The highest BCUT2D eigenvalue weighted by Gasteiger charge is 2.37. The molecule has 0 spiro atoms.